The van der Waals surface area contributed by atoms with Crippen molar-refractivity contribution in [3.63, 3.8) is 0 Å². The summed E-state index contributed by atoms with van der Waals surface area (Å²) in [6, 6.07) is 9.14. The van der Waals surface area contributed by atoms with Crippen LogP contribution in [0.3, 0.4) is 0 Å². The number of halogens is 1. The second kappa shape index (κ2) is 7.38. The molecule has 0 atom stereocenters. The molecule has 23 heavy (non-hydrogen) atoms. The Balaban J connectivity index is 2.18. The number of anilines is 1. The molecule has 0 aromatic heterocycles. The quantitative estimate of drug-likeness (QED) is 0.894. The molecule has 0 bridgehead atoms. The molecule has 0 saturated carbocycles. The first-order chi connectivity index (χ1) is 11.0. The molecule has 1 N–H and O–H groups in total. The van der Waals surface area contributed by atoms with Crippen LogP contribution < -0.4 is 14.8 Å². The van der Waals surface area contributed by atoms with Gasteiger partial charge in [0.1, 0.15) is 0 Å². The van der Waals surface area contributed by atoms with Crippen molar-refractivity contribution in [3.05, 3.63) is 52.0 Å². The number of methoxy groups -OCH3 is 2. The van der Waals surface area contributed by atoms with E-state index in [1.54, 1.807) is 20.3 Å². The highest BCUT2D eigenvalue weighted by Crippen LogP contribution is 2.30. The lowest BCUT2D eigenvalue weighted by molar-refractivity contribution is -0.115. The second-order valence-corrected chi connectivity index (χ2v) is 5.68. The van der Waals surface area contributed by atoms with Crippen LogP contribution in [-0.2, 0) is 11.2 Å². The summed E-state index contributed by atoms with van der Waals surface area (Å²) in [5.41, 5.74) is 3.44. The van der Waals surface area contributed by atoms with Gasteiger partial charge in [0.25, 0.3) is 0 Å². The van der Waals surface area contributed by atoms with E-state index in [1.165, 1.54) is 0 Å². The molecule has 0 saturated heterocycles. The van der Waals surface area contributed by atoms with Gasteiger partial charge in [-0.2, -0.15) is 0 Å². The van der Waals surface area contributed by atoms with Gasteiger partial charge in [-0.3, -0.25) is 4.79 Å². The summed E-state index contributed by atoms with van der Waals surface area (Å²) in [5.74, 6) is 1.16. The topological polar surface area (TPSA) is 47.6 Å². The van der Waals surface area contributed by atoms with Crippen molar-refractivity contribution in [1.82, 2.24) is 0 Å². The number of carbonyl (C=O) groups excluding carboxylic acids is 1. The van der Waals surface area contributed by atoms with Crippen LogP contribution in [0.25, 0.3) is 0 Å². The van der Waals surface area contributed by atoms with E-state index in [4.69, 9.17) is 21.1 Å². The molecule has 1 amide bonds. The molecular formula is C18H20ClNO3. The fourth-order valence-corrected chi connectivity index (χ4v) is 2.50. The van der Waals surface area contributed by atoms with Gasteiger partial charge < -0.3 is 14.8 Å². The highest BCUT2D eigenvalue weighted by Gasteiger charge is 2.13. The maximum absolute atomic E-state index is 12.3. The van der Waals surface area contributed by atoms with Gasteiger partial charge in [-0.05, 0) is 54.8 Å². The molecule has 2 aromatic carbocycles. The van der Waals surface area contributed by atoms with Crippen LogP contribution in [0.2, 0.25) is 5.02 Å². The van der Waals surface area contributed by atoms with Crippen molar-refractivity contribution in [3.8, 4) is 11.5 Å². The normalized spacial score (nSPS) is 10.3. The van der Waals surface area contributed by atoms with Gasteiger partial charge in [-0.1, -0.05) is 17.7 Å². The SMILES string of the molecule is COc1cc(C)c(CC(=O)Nc2cccc(Cl)c2C)cc1OC. The molecule has 0 aliphatic heterocycles. The van der Waals surface area contributed by atoms with Crippen molar-refractivity contribution >= 4 is 23.2 Å². The second-order valence-electron chi connectivity index (χ2n) is 5.27. The third-order valence-corrected chi connectivity index (χ3v) is 4.14. The predicted octanol–water partition coefficient (Wildman–Crippen LogP) is 4.16. The summed E-state index contributed by atoms with van der Waals surface area (Å²) in [4.78, 5) is 12.3. The molecule has 122 valence electrons. The number of rotatable bonds is 5. The van der Waals surface area contributed by atoms with Crippen molar-refractivity contribution in [2.75, 3.05) is 19.5 Å². The van der Waals surface area contributed by atoms with Gasteiger partial charge in [0.15, 0.2) is 11.5 Å². The van der Waals surface area contributed by atoms with Crippen LogP contribution in [0.4, 0.5) is 5.69 Å². The van der Waals surface area contributed by atoms with Crippen LogP contribution in [0.15, 0.2) is 30.3 Å². The molecular weight excluding hydrogens is 314 g/mol. The minimum Gasteiger partial charge on any atom is -0.493 e. The van der Waals surface area contributed by atoms with Gasteiger partial charge in [0.05, 0.1) is 20.6 Å². The molecule has 0 unspecified atom stereocenters. The third-order valence-electron chi connectivity index (χ3n) is 3.73. The molecule has 0 fully saturated rings. The summed E-state index contributed by atoms with van der Waals surface area (Å²) in [7, 11) is 3.16. The lowest BCUT2D eigenvalue weighted by Crippen LogP contribution is -2.16. The predicted molar refractivity (Wildman–Crippen MR) is 92.8 cm³/mol. The zero-order valence-corrected chi connectivity index (χ0v) is 14.5. The zero-order valence-electron chi connectivity index (χ0n) is 13.7. The minimum atomic E-state index is -0.106. The van der Waals surface area contributed by atoms with E-state index in [9.17, 15) is 4.79 Å². The zero-order chi connectivity index (χ0) is 17.0. The average molecular weight is 334 g/mol. The number of benzene rings is 2. The van der Waals surface area contributed by atoms with Crippen molar-refractivity contribution in [2.45, 2.75) is 20.3 Å². The monoisotopic (exact) mass is 333 g/mol. The lowest BCUT2D eigenvalue weighted by Gasteiger charge is -2.13. The number of carbonyl (C=O) groups is 1. The highest BCUT2D eigenvalue weighted by atomic mass is 35.5. The van der Waals surface area contributed by atoms with Crippen molar-refractivity contribution < 1.29 is 14.3 Å². The Kier molecular flexibility index (Phi) is 5.50. The number of amides is 1. The fraction of sp³-hybridized carbons (Fsp3) is 0.278. The maximum atomic E-state index is 12.3. The molecule has 0 spiro atoms. The van der Waals surface area contributed by atoms with E-state index in [2.05, 4.69) is 5.32 Å². The Hall–Kier alpha value is -2.20. The molecule has 0 aliphatic carbocycles. The van der Waals surface area contributed by atoms with E-state index in [-0.39, 0.29) is 12.3 Å². The van der Waals surface area contributed by atoms with Gasteiger partial charge in [0.2, 0.25) is 5.91 Å². The molecule has 5 heteroatoms. The first kappa shape index (κ1) is 17.2. The van der Waals surface area contributed by atoms with E-state index in [0.717, 1.165) is 22.4 Å². The smallest absolute Gasteiger partial charge is 0.228 e. The number of nitrogens with one attached hydrogen (secondary N) is 1. The number of ether oxygens (including phenoxy) is 2. The number of hydrogen-bond donors (Lipinski definition) is 1. The van der Waals surface area contributed by atoms with E-state index in [1.807, 2.05) is 38.1 Å². The molecule has 0 radical (unpaired) electrons. The summed E-state index contributed by atoms with van der Waals surface area (Å²) >= 11 is 6.07. The van der Waals surface area contributed by atoms with Crippen LogP contribution in [0.1, 0.15) is 16.7 Å². The Morgan fingerprint density at radius 3 is 2.43 bits per heavy atom. The third kappa shape index (κ3) is 3.96. The summed E-state index contributed by atoms with van der Waals surface area (Å²) in [6.45, 7) is 3.81. The number of aryl methyl sites for hydroxylation is 1. The van der Waals surface area contributed by atoms with Crippen LogP contribution in [0.5, 0.6) is 11.5 Å². The molecule has 4 nitrogen and oxygen atoms in total. The van der Waals surface area contributed by atoms with Crippen LogP contribution in [0, 0.1) is 13.8 Å². The molecule has 2 rings (SSSR count). The Labute approximate surface area is 141 Å². The Morgan fingerprint density at radius 1 is 1.13 bits per heavy atom. The van der Waals surface area contributed by atoms with Crippen molar-refractivity contribution in [2.24, 2.45) is 0 Å². The Morgan fingerprint density at radius 2 is 1.78 bits per heavy atom. The molecule has 2 aromatic rings. The average Bonchev–Trinajstić information content (AvgIpc) is 2.53. The van der Waals surface area contributed by atoms with E-state index < -0.39 is 0 Å². The largest absolute Gasteiger partial charge is 0.493 e. The first-order valence-corrected chi connectivity index (χ1v) is 7.60. The van der Waals surface area contributed by atoms with Crippen LogP contribution in [-0.4, -0.2) is 20.1 Å². The summed E-state index contributed by atoms with van der Waals surface area (Å²) in [5, 5.41) is 3.53. The molecule has 0 aliphatic rings. The summed E-state index contributed by atoms with van der Waals surface area (Å²) in [6.07, 6.45) is 0.248. The fourth-order valence-electron chi connectivity index (χ4n) is 2.32. The van der Waals surface area contributed by atoms with Crippen molar-refractivity contribution in [1.29, 1.82) is 0 Å². The standard InChI is InChI=1S/C18H20ClNO3/c1-11-8-16(22-3)17(23-4)9-13(11)10-18(21)20-15-7-5-6-14(19)12(15)2/h5-9H,10H2,1-4H3,(H,20,21). The van der Waals surface area contributed by atoms with Gasteiger partial charge >= 0.3 is 0 Å². The van der Waals surface area contributed by atoms with Gasteiger partial charge in [-0.25, -0.2) is 0 Å². The summed E-state index contributed by atoms with van der Waals surface area (Å²) < 4.78 is 10.6. The Bertz CT molecular complexity index is 728. The first-order valence-electron chi connectivity index (χ1n) is 7.22. The maximum Gasteiger partial charge on any atom is 0.228 e. The minimum absolute atomic E-state index is 0.106. The molecule has 0 heterocycles. The van der Waals surface area contributed by atoms with Crippen LogP contribution >= 0.6 is 11.6 Å². The highest BCUT2D eigenvalue weighted by molar-refractivity contribution is 6.31. The number of hydrogen-bond acceptors (Lipinski definition) is 3. The van der Waals surface area contributed by atoms with Gasteiger partial charge in [0, 0.05) is 10.7 Å². The van der Waals surface area contributed by atoms with E-state index >= 15 is 0 Å². The van der Waals surface area contributed by atoms with Gasteiger partial charge in [-0.15, -0.1) is 0 Å². The van der Waals surface area contributed by atoms with E-state index in [0.29, 0.717) is 16.5 Å². The lowest BCUT2D eigenvalue weighted by atomic mass is 10.0.